The minimum Gasteiger partial charge on any atom is -0.359 e. The Hall–Kier alpha value is -3.52. The molecular formula is C22H21N3O2. The van der Waals surface area contributed by atoms with Gasteiger partial charge in [0.1, 0.15) is 5.76 Å². The van der Waals surface area contributed by atoms with E-state index in [-0.39, 0.29) is 11.4 Å². The van der Waals surface area contributed by atoms with E-state index in [0.717, 1.165) is 11.1 Å². The molecule has 0 aliphatic carbocycles. The van der Waals surface area contributed by atoms with E-state index in [0.29, 0.717) is 17.3 Å². The van der Waals surface area contributed by atoms with Gasteiger partial charge in [-0.2, -0.15) is 0 Å². The van der Waals surface area contributed by atoms with Crippen molar-refractivity contribution in [2.75, 3.05) is 10.6 Å². The van der Waals surface area contributed by atoms with E-state index in [2.05, 4.69) is 27.6 Å². The summed E-state index contributed by atoms with van der Waals surface area (Å²) in [5, 5.41) is 9.29. The number of benzene rings is 2. The summed E-state index contributed by atoms with van der Waals surface area (Å²) >= 11 is 0. The molecule has 2 amide bonds. The molecule has 0 unspecified atom stereocenters. The summed E-state index contributed by atoms with van der Waals surface area (Å²) in [7, 11) is 0. The van der Waals surface area contributed by atoms with Crippen molar-refractivity contribution >= 4 is 17.5 Å². The first-order chi connectivity index (χ1) is 12.9. The first-order valence-corrected chi connectivity index (χ1v) is 8.62. The highest BCUT2D eigenvalue weighted by Crippen LogP contribution is 2.24. The number of hydrogen-bond acceptors (Lipinski definition) is 3. The minimum atomic E-state index is -0.383. The Morgan fingerprint density at radius 2 is 1.56 bits per heavy atom. The van der Waals surface area contributed by atoms with Crippen molar-refractivity contribution in [3.8, 4) is 11.8 Å². The first kappa shape index (κ1) is 18.3. The lowest BCUT2D eigenvalue weighted by atomic mass is 9.93. The van der Waals surface area contributed by atoms with Crippen molar-refractivity contribution in [3.63, 3.8) is 0 Å². The van der Waals surface area contributed by atoms with Gasteiger partial charge in [0.25, 0.3) is 0 Å². The largest absolute Gasteiger partial charge is 0.359 e. The summed E-state index contributed by atoms with van der Waals surface area (Å²) in [6.45, 7) is 6.04. The molecule has 0 radical (unpaired) electrons. The van der Waals surface area contributed by atoms with Gasteiger partial charge in [-0.15, -0.1) is 0 Å². The average Bonchev–Trinajstić information content (AvgIpc) is 3.11. The first-order valence-electron chi connectivity index (χ1n) is 8.62. The van der Waals surface area contributed by atoms with E-state index in [9.17, 15) is 4.79 Å². The number of rotatable bonds is 2. The van der Waals surface area contributed by atoms with Crippen LogP contribution in [0.5, 0.6) is 0 Å². The quantitative estimate of drug-likeness (QED) is 0.632. The average molecular weight is 359 g/mol. The van der Waals surface area contributed by atoms with Gasteiger partial charge in [0, 0.05) is 28.3 Å². The van der Waals surface area contributed by atoms with E-state index in [1.165, 1.54) is 0 Å². The summed E-state index contributed by atoms with van der Waals surface area (Å²) in [5.74, 6) is 7.28. The van der Waals surface area contributed by atoms with Gasteiger partial charge in [-0.3, -0.25) is 5.32 Å². The van der Waals surface area contributed by atoms with Gasteiger partial charge < -0.3 is 9.84 Å². The van der Waals surface area contributed by atoms with Crippen LogP contribution in [0.1, 0.15) is 37.7 Å². The van der Waals surface area contributed by atoms with Crippen LogP contribution in [0, 0.1) is 11.8 Å². The molecule has 0 bridgehead atoms. The Balaban J connectivity index is 1.59. The fourth-order valence-corrected chi connectivity index (χ4v) is 2.27. The lowest BCUT2D eigenvalue weighted by Gasteiger charge is -2.12. The summed E-state index contributed by atoms with van der Waals surface area (Å²) in [4.78, 5) is 12.1. The van der Waals surface area contributed by atoms with Crippen LogP contribution in [-0.2, 0) is 5.41 Å². The number of amides is 2. The predicted molar refractivity (Wildman–Crippen MR) is 107 cm³/mol. The smallest absolute Gasteiger partial charge is 0.324 e. The van der Waals surface area contributed by atoms with Gasteiger partial charge in [-0.05, 0) is 36.4 Å². The van der Waals surface area contributed by atoms with E-state index in [1.807, 2.05) is 63.2 Å². The molecule has 27 heavy (non-hydrogen) atoms. The third-order valence-electron chi connectivity index (χ3n) is 3.76. The highest BCUT2D eigenvalue weighted by molar-refractivity contribution is 5.99. The maximum Gasteiger partial charge on any atom is 0.324 e. The van der Waals surface area contributed by atoms with Crippen molar-refractivity contribution in [3.05, 3.63) is 77.6 Å². The van der Waals surface area contributed by atoms with E-state index < -0.39 is 0 Å². The summed E-state index contributed by atoms with van der Waals surface area (Å²) in [5.41, 5.74) is 2.33. The van der Waals surface area contributed by atoms with Gasteiger partial charge in [0.15, 0.2) is 5.82 Å². The van der Waals surface area contributed by atoms with Crippen molar-refractivity contribution in [2.45, 2.75) is 26.2 Å². The summed E-state index contributed by atoms with van der Waals surface area (Å²) < 4.78 is 5.25. The molecule has 0 aliphatic heterocycles. The second-order valence-corrected chi connectivity index (χ2v) is 7.10. The van der Waals surface area contributed by atoms with Crippen LogP contribution < -0.4 is 10.6 Å². The highest BCUT2D eigenvalue weighted by atomic mass is 16.5. The molecule has 3 rings (SSSR count). The van der Waals surface area contributed by atoms with Crippen LogP contribution in [0.4, 0.5) is 16.3 Å². The molecule has 0 fully saturated rings. The Kier molecular flexibility index (Phi) is 5.28. The maximum atomic E-state index is 12.1. The van der Waals surface area contributed by atoms with Crippen LogP contribution in [0.15, 0.2) is 65.2 Å². The minimum absolute atomic E-state index is 0.167. The van der Waals surface area contributed by atoms with Crippen LogP contribution in [0.2, 0.25) is 0 Å². The highest BCUT2D eigenvalue weighted by Gasteiger charge is 2.20. The zero-order valence-corrected chi connectivity index (χ0v) is 15.5. The summed E-state index contributed by atoms with van der Waals surface area (Å²) in [6, 6.07) is 18.5. The van der Waals surface area contributed by atoms with E-state index in [1.54, 1.807) is 18.2 Å². The fourth-order valence-electron chi connectivity index (χ4n) is 2.27. The lowest BCUT2D eigenvalue weighted by molar-refractivity contribution is 0.262. The monoisotopic (exact) mass is 359 g/mol. The Morgan fingerprint density at radius 1 is 0.926 bits per heavy atom. The second kappa shape index (κ2) is 7.79. The molecule has 5 nitrogen and oxygen atoms in total. The molecule has 2 aromatic carbocycles. The van der Waals surface area contributed by atoms with Crippen molar-refractivity contribution in [1.82, 2.24) is 5.16 Å². The normalized spacial score (nSPS) is 10.6. The Labute approximate surface area is 158 Å². The molecule has 0 saturated carbocycles. The van der Waals surface area contributed by atoms with Crippen LogP contribution in [0.3, 0.4) is 0 Å². The third kappa shape index (κ3) is 5.23. The number of anilines is 2. The number of nitrogens with one attached hydrogen (secondary N) is 2. The zero-order valence-electron chi connectivity index (χ0n) is 15.5. The standard InChI is InChI=1S/C22H21N3O2/c1-22(2,3)19-15-20(25-27-19)24-21(26)23-18-13-11-17(12-14-18)10-9-16-7-5-4-6-8-16/h4-8,11-15H,1-3H3,(H2,23,24,25,26). The molecule has 2 N–H and O–H groups in total. The van der Waals surface area contributed by atoms with Crippen LogP contribution in [0.25, 0.3) is 0 Å². The van der Waals surface area contributed by atoms with Crippen LogP contribution in [-0.4, -0.2) is 11.2 Å². The van der Waals surface area contributed by atoms with Gasteiger partial charge >= 0.3 is 6.03 Å². The van der Waals surface area contributed by atoms with Gasteiger partial charge in [-0.25, -0.2) is 4.79 Å². The number of urea groups is 1. The fraction of sp³-hybridized carbons (Fsp3) is 0.182. The summed E-state index contributed by atoms with van der Waals surface area (Å²) in [6.07, 6.45) is 0. The van der Waals surface area contributed by atoms with Crippen molar-refractivity contribution in [1.29, 1.82) is 0 Å². The molecule has 136 valence electrons. The molecule has 1 aromatic heterocycles. The molecule has 0 aliphatic rings. The SMILES string of the molecule is CC(C)(C)c1cc(NC(=O)Nc2ccc(C#Cc3ccccc3)cc2)no1. The van der Waals surface area contributed by atoms with Crippen molar-refractivity contribution < 1.29 is 9.32 Å². The topological polar surface area (TPSA) is 67.2 Å². The Bertz CT molecular complexity index is 972. The molecule has 1 heterocycles. The molecule has 0 atom stereocenters. The maximum absolute atomic E-state index is 12.1. The molecule has 3 aromatic rings. The second-order valence-electron chi connectivity index (χ2n) is 7.10. The molecule has 5 heteroatoms. The number of carbonyl (C=O) groups is 1. The van der Waals surface area contributed by atoms with Crippen molar-refractivity contribution in [2.24, 2.45) is 0 Å². The molecular weight excluding hydrogens is 338 g/mol. The molecule has 0 saturated heterocycles. The van der Waals surface area contributed by atoms with Gasteiger partial charge in [0.05, 0.1) is 0 Å². The zero-order chi connectivity index (χ0) is 19.3. The predicted octanol–water partition coefficient (Wildman–Crippen LogP) is 5.02. The number of hydrogen-bond donors (Lipinski definition) is 2. The van der Waals surface area contributed by atoms with Crippen LogP contribution >= 0.6 is 0 Å². The number of nitrogens with zero attached hydrogens (tertiary/aromatic N) is 1. The molecule has 0 spiro atoms. The lowest BCUT2D eigenvalue weighted by Crippen LogP contribution is -2.19. The Morgan fingerprint density at radius 3 is 2.15 bits per heavy atom. The van der Waals surface area contributed by atoms with Gasteiger partial charge in [-0.1, -0.05) is 56.0 Å². The number of aromatic nitrogens is 1. The van der Waals surface area contributed by atoms with E-state index >= 15 is 0 Å². The van der Waals surface area contributed by atoms with Gasteiger partial charge in [0.2, 0.25) is 0 Å². The third-order valence-corrected chi connectivity index (χ3v) is 3.76. The van der Waals surface area contributed by atoms with E-state index in [4.69, 9.17) is 4.52 Å². The number of carbonyl (C=O) groups excluding carboxylic acids is 1.